The van der Waals surface area contributed by atoms with Crippen LogP contribution in [0.4, 0.5) is 5.69 Å². The first-order valence-corrected chi connectivity index (χ1v) is 11.6. The van der Waals surface area contributed by atoms with Gasteiger partial charge in [-0.2, -0.15) is 0 Å². The highest BCUT2D eigenvalue weighted by Crippen LogP contribution is 2.50. The first kappa shape index (κ1) is 22.9. The summed E-state index contributed by atoms with van der Waals surface area (Å²) in [4.78, 5) is 26.4. The SMILES string of the molecule is CC1CC2CC(CC(C)(C(N)=O)C2)C1NC(=O)C(C)(C)N(C)Sc1ccccc1N. The lowest BCUT2D eigenvalue weighted by molar-refractivity contribution is -0.134. The lowest BCUT2D eigenvalue weighted by atomic mass is 9.57. The predicted molar refractivity (Wildman–Crippen MR) is 122 cm³/mol. The van der Waals surface area contributed by atoms with Gasteiger partial charge in [-0.25, -0.2) is 4.31 Å². The van der Waals surface area contributed by atoms with Crippen LogP contribution in [-0.2, 0) is 9.59 Å². The lowest BCUT2D eigenvalue weighted by Gasteiger charge is -2.50. The maximum atomic E-state index is 13.4. The van der Waals surface area contributed by atoms with Crippen molar-refractivity contribution in [2.45, 2.75) is 69.9 Å². The molecule has 2 bridgehead atoms. The van der Waals surface area contributed by atoms with Crippen LogP contribution < -0.4 is 16.8 Å². The summed E-state index contributed by atoms with van der Waals surface area (Å²) >= 11 is 1.48. The molecule has 0 aromatic heterocycles. The van der Waals surface area contributed by atoms with E-state index >= 15 is 0 Å². The van der Waals surface area contributed by atoms with Crippen molar-refractivity contribution < 1.29 is 9.59 Å². The van der Waals surface area contributed by atoms with E-state index in [0.717, 1.165) is 30.6 Å². The zero-order valence-corrected chi connectivity index (χ0v) is 19.6. The van der Waals surface area contributed by atoms with E-state index in [1.807, 2.05) is 56.4 Å². The number of likely N-dealkylation sites (N-methyl/N-ethyl adjacent to an activating group) is 1. The Morgan fingerprint density at radius 1 is 1.23 bits per heavy atom. The minimum absolute atomic E-state index is 0.00588. The van der Waals surface area contributed by atoms with Gasteiger partial charge in [-0.1, -0.05) is 26.0 Å². The van der Waals surface area contributed by atoms with Gasteiger partial charge >= 0.3 is 0 Å². The number of benzene rings is 1. The minimum atomic E-state index is -0.731. The van der Waals surface area contributed by atoms with Gasteiger partial charge in [0.15, 0.2) is 0 Å². The van der Waals surface area contributed by atoms with Crippen LogP contribution in [0.1, 0.15) is 53.4 Å². The molecule has 30 heavy (non-hydrogen) atoms. The van der Waals surface area contributed by atoms with Gasteiger partial charge < -0.3 is 16.8 Å². The van der Waals surface area contributed by atoms with Crippen molar-refractivity contribution in [2.75, 3.05) is 12.8 Å². The van der Waals surface area contributed by atoms with Gasteiger partial charge in [0.1, 0.15) is 5.54 Å². The molecular formula is C23H36N4O2S. The molecule has 2 amide bonds. The van der Waals surface area contributed by atoms with Crippen LogP contribution in [0.2, 0.25) is 0 Å². The summed E-state index contributed by atoms with van der Waals surface area (Å²) in [7, 11) is 1.92. The second-order valence-electron chi connectivity index (χ2n) is 10.1. The van der Waals surface area contributed by atoms with Crippen molar-refractivity contribution in [3.05, 3.63) is 24.3 Å². The molecule has 0 radical (unpaired) electrons. The first-order valence-electron chi connectivity index (χ1n) is 10.8. The van der Waals surface area contributed by atoms with Crippen LogP contribution in [0.25, 0.3) is 0 Å². The van der Waals surface area contributed by atoms with Gasteiger partial charge in [0, 0.05) is 22.0 Å². The van der Waals surface area contributed by atoms with E-state index < -0.39 is 11.0 Å². The van der Waals surface area contributed by atoms with Gasteiger partial charge in [0.25, 0.3) is 0 Å². The molecule has 0 spiro atoms. The maximum absolute atomic E-state index is 13.4. The van der Waals surface area contributed by atoms with Gasteiger partial charge in [0.05, 0.1) is 0 Å². The normalized spacial score (nSPS) is 31.4. The molecule has 2 fully saturated rings. The molecule has 0 saturated heterocycles. The van der Waals surface area contributed by atoms with Crippen molar-refractivity contribution in [1.82, 2.24) is 9.62 Å². The Kier molecular flexibility index (Phi) is 6.44. The smallest absolute Gasteiger partial charge is 0.241 e. The van der Waals surface area contributed by atoms with Crippen LogP contribution in [0.5, 0.6) is 0 Å². The predicted octanol–water partition coefficient (Wildman–Crippen LogP) is 3.42. The molecular weight excluding hydrogens is 396 g/mol. The van der Waals surface area contributed by atoms with E-state index in [2.05, 4.69) is 12.2 Å². The molecule has 0 heterocycles. The van der Waals surface area contributed by atoms with E-state index in [9.17, 15) is 9.59 Å². The van der Waals surface area contributed by atoms with Gasteiger partial charge in [-0.05, 0) is 88.4 Å². The zero-order chi connectivity index (χ0) is 22.3. The number of para-hydroxylation sites is 1. The Hall–Kier alpha value is -1.73. The monoisotopic (exact) mass is 432 g/mol. The van der Waals surface area contributed by atoms with Crippen molar-refractivity contribution >= 4 is 29.4 Å². The summed E-state index contributed by atoms with van der Waals surface area (Å²) in [6.45, 7) is 8.06. The van der Waals surface area contributed by atoms with E-state index in [1.54, 1.807) is 0 Å². The summed E-state index contributed by atoms with van der Waals surface area (Å²) < 4.78 is 1.96. The summed E-state index contributed by atoms with van der Waals surface area (Å²) in [5.74, 6) is 0.959. The second-order valence-corrected chi connectivity index (χ2v) is 11.3. The summed E-state index contributed by atoms with van der Waals surface area (Å²) in [5.41, 5.74) is 11.3. The summed E-state index contributed by atoms with van der Waals surface area (Å²) in [6, 6.07) is 7.73. The number of primary amides is 1. The number of nitrogens with zero attached hydrogens (tertiary/aromatic N) is 1. The van der Waals surface area contributed by atoms with Crippen LogP contribution in [0, 0.1) is 23.2 Å². The Bertz CT molecular complexity index is 812. The van der Waals surface area contributed by atoms with Crippen molar-refractivity contribution in [3.8, 4) is 0 Å². The third kappa shape index (κ3) is 4.47. The third-order valence-electron chi connectivity index (χ3n) is 7.30. The van der Waals surface area contributed by atoms with E-state index in [0.29, 0.717) is 17.5 Å². The molecule has 2 saturated carbocycles. The Morgan fingerprint density at radius 3 is 2.53 bits per heavy atom. The van der Waals surface area contributed by atoms with Crippen molar-refractivity contribution in [3.63, 3.8) is 0 Å². The van der Waals surface area contributed by atoms with Gasteiger partial charge in [0.2, 0.25) is 11.8 Å². The molecule has 3 rings (SSSR count). The van der Waals surface area contributed by atoms with Crippen molar-refractivity contribution in [1.29, 1.82) is 0 Å². The molecule has 7 heteroatoms. The number of rotatable bonds is 6. The molecule has 0 aliphatic heterocycles. The topological polar surface area (TPSA) is 101 Å². The molecule has 2 aliphatic rings. The minimum Gasteiger partial charge on any atom is -0.398 e. The highest BCUT2D eigenvalue weighted by Gasteiger charge is 2.49. The largest absolute Gasteiger partial charge is 0.398 e. The molecule has 1 aromatic carbocycles. The molecule has 2 aliphatic carbocycles. The number of hydrogen-bond donors (Lipinski definition) is 3. The zero-order valence-electron chi connectivity index (χ0n) is 18.8. The fourth-order valence-corrected chi connectivity index (χ4v) is 6.16. The van der Waals surface area contributed by atoms with Crippen LogP contribution >= 0.6 is 11.9 Å². The fourth-order valence-electron chi connectivity index (χ4n) is 5.24. The number of nitrogens with one attached hydrogen (secondary N) is 1. The molecule has 6 nitrogen and oxygen atoms in total. The van der Waals surface area contributed by atoms with Crippen LogP contribution in [-0.4, -0.2) is 34.7 Å². The Morgan fingerprint density at radius 2 is 1.90 bits per heavy atom. The number of fused-ring (bicyclic) bond motifs is 2. The van der Waals surface area contributed by atoms with E-state index in [1.165, 1.54) is 11.9 Å². The standard InChI is InChI=1S/C23H36N4O2S/c1-14-10-15-11-16(13-23(4,12-15)20(25)28)19(14)26-21(29)22(2,3)27(5)30-18-9-7-6-8-17(18)24/h6-9,14-16,19H,10-13,24H2,1-5H3,(H2,25,28)(H,26,29). The number of amides is 2. The molecule has 5 atom stereocenters. The van der Waals surface area contributed by atoms with E-state index in [4.69, 9.17) is 11.5 Å². The van der Waals surface area contributed by atoms with Crippen LogP contribution in [0.3, 0.4) is 0 Å². The highest BCUT2D eigenvalue weighted by molar-refractivity contribution is 7.97. The molecule has 166 valence electrons. The van der Waals surface area contributed by atoms with Crippen molar-refractivity contribution in [2.24, 2.45) is 28.9 Å². The average Bonchev–Trinajstić information content (AvgIpc) is 2.65. The van der Waals surface area contributed by atoms with Gasteiger partial charge in [-0.15, -0.1) is 0 Å². The second kappa shape index (κ2) is 8.42. The third-order valence-corrected chi connectivity index (χ3v) is 8.60. The van der Waals surface area contributed by atoms with E-state index in [-0.39, 0.29) is 23.8 Å². The quantitative estimate of drug-likeness (QED) is 0.472. The highest BCUT2D eigenvalue weighted by atomic mass is 32.2. The number of nitrogen functional groups attached to an aromatic ring is 1. The number of hydrogen-bond acceptors (Lipinski definition) is 5. The lowest BCUT2D eigenvalue weighted by Crippen LogP contribution is -2.59. The van der Waals surface area contributed by atoms with Crippen LogP contribution in [0.15, 0.2) is 29.2 Å². The Balaban J connectivity index is 1.71. The number of carbonyl (C=O) groups is 2. The number of nitrogens with two attached hydrogens (primary N) is 2. The maximum Gasteiger partial charge on any atom is 0.241 e. The summed E-state index contributed by atoms with van der Waals surface area (Å²) in [6.07, 6.45) is 3.70. The number of anilines is 1. The fraction of sp³-hybridized carbons (Fsp3) is 0.652. The molecule has 5 N–H and O–H groups in total. The Labute approximate surface area is 184 Å². The summed E-state index contributed by atoms with van der Waals surface area (Å²) in [5, 5.41) is 3.35. The first-order chi connectivity index (χ1) is 13.9. The average molecular weight is 433 g/mol. The molecule has 5 unspecified atom stereocenters. The number of carbonyl (C=O) groups excluding carboxylic acids is 2. The molecule has 1 aromatic rings. The van der Waals surface area contributed by atoms with Gasteiger partial charge in [-0.3, -0.25) is 9.59 Å².